The predicted molar refractivity (Wildman–Crippen MR) is 78.4 cm³/mol. The number of rotatable bonds is 2. The highest BCUT2D eigenvalue weighted by Gasteiger charge is 2.27. The molecular weight excluding hydrogens is 308 g/mol. The molecule has 1 saturated heterocycles. The first-order valence-electron chi connectivity index (χ1n) is 6.54. The van der Waals surface area contributed by atoms with Crippen LogP contribution >= 0.6 is 15.9 Å². The van der Waals surface area contributed by atoms with Crippen molar-refractivity contribution in [1.82, 2.24) is 9.80 Å². The second-order valence-corrected chi connectivity index (χ2v) is 5.81. The van der Waals surface area contributed by atoms with Crippen molar-refractivity contribution >= 4 is 21.8 Å². The fourth-order valence-electron chi connectivity index (χ4n) is 2.50. The molecule has 0 saturated carbocycles. The van der Waals surface area contributed by atoms with E-state index in [0.717, 1.165) is 17.6 Å². The van der Waals surface area contributed by atoms with Crippen molar-refractivity contribution in [3.8, 4) is 5.75 Å². The quantitative estimate of drug-likeness (QED) is 0.907. The number of benzene rings is 1. The lowest BCUT2D eigenvalue weighted by molar-refractivity contribution is 0.0525. The van der Waals surface area contributed by atoms with Gasteiger partial charge in [-0.05, 0) is 31.7 Å². The number of phenols is 1. The molecule has 1 fully saturated rings. The smallest absolute Gasteiger partial charge is 0.257 e. The molecule has 1 N–H and O–H groups in total. The second-order valence-electron chi connectivity index (χ2n) is 4.89. The maximum Gasteiger partial charge on any atom is 0.257 e. The van der Waals surface area contributed by atoms with Crippen LogP contribution in [0.5, 0.6) is 5.75 Å². The topological polar surface area (TPSA) is 43.8 Å². The zero-order valence-electron chi connectivity index (χ0n) is 11.3. The average Bonchev–Trinajstić information content (AvgIpc) is 2.40. The minimum Gasteiger partial charge on any atom is -0.507 e. The first-order valence-corrected chi connectivity index (χ1v) is 7.34. The number of amides is 1. The monoisotopic (exact) mass is 326 g/mol. The molecular formula is C14H19BrN2O2. The Hall–Kier alpha value is -1.07. The van der Waals surface area contributed by atoms with Gasteiger partial charge in [0.1, 0.15) is 5.75 Å². The Morgan fingerprint density at radius 2 is 2.21 bits per heavy atom. The molecule has 0 spiro atoms. The molecule has 0 aliphatic carbocycles. The minimum absolute atomic E-state index is 0.0405. The van der Waals surface area contributed by atoms with Gasteiger partial charge in [-0.3, -0.25) is 9.69 Å². The summed E-state index contributed by atoms with van der Waals surface area (Å²) >= 11 is 3.33. The lowest BCUT2D eigenvalue weighted by Crippen LogP contribution is -2.53. The molecule has 5 heteroatoms. The van der Waals surface area contributed by atoms with Gasteiger partial charge in [0.15, 0.2) is 0 Å². The normalized spacial score (nSPS) is 20.6. The Kier molecular flexibility index (Phi) is 4.47. The number of carbonyl (C=O) groups excluding carboxylic acids is 1. The Balaban J connectivity index is 2.14. The zero-order valence-corrected chi connectivity index (χ0v) is 12.9. The third kappa shape index (κ3) is 3.09. The molecule has 0 bridgehead atoms. The van der Waals surface area contributed by atoms with Crippen LogP contribution in [0.4, 0.5) is 0 Å². The van der Waals surface area contributed by atoms with Gasteiger partial charge in [0.2, 0.25) is 0 Å². The maximum atomic E-state index is 12.4. The number of nitrogens with zero attached hydrogens (tertiary/aromatic N) is 2. The Morgan fingerprint density at radius 1 is 1.47 bits per heavy atom. The van der Waals surface area contributed by atoms with E-state index in [1.165, 1.54) is 0 Å². The van der Waals surface area contributed by atoms with Crippen molar-refractivity contribution in [3.63, 3.8) is 0 Å². The SMILES string of the molecule is CCN1CCN(C(=O)c2cc(Br)ccc2O)CC1C. The molecule has 0 aromatic heterocycles. The number of likely N-dealkylation sites (N-methyl/N-ethyl adjacent to an activating group) is 1. The largest absolute Gasteiger partial charge is 0.507 e. The van der Waals surface area contributed by atoms with Gasteiger partial charge in [0, 0.05) is 30.1 Å². The van der Waals surface area contributed by atoms with Crippen molar-refractivity contribution in [2.75, 3.05) is 26.2 Å². The van der Waals surface area contributed by atoms with E-state index in [4.69, 9.17) is 0 Å². The number of carbonyl (C=O) groups is 1. The highest BCUT2D eigenvalue weighted by Crippen LogP contribution is 2.24. The van der Waals surface area contributed by atoms with Crippen LogP contribution in [-0.4, -0.2) is 53.0 Å². The van der Waals surface area contributed by atoms with E-state index in [9.17, 15) is 9.90 Å². The lowest BCUT2D eigenvalue weighted by Gasteiger charge is -2.39. The Bertz CT molecular complexity index is 479. The highest BCUT2D eigenvalue weighted by molar-refractivity contribution is 9.10. The van der Waals surface area contributed by atoms with Crippen LogP contribution in [0.3, 0.4) is 0 Å². The van der Waals surface area contributed by atoms with Crippen LogP contribution in [0.2, 0.25) is 0 Å². The first kappa shape index (κ1) is 14.3. The summed E-state index contributed by atoms with van der Waals surface area (Å²) in [6, 6.07) is 5.30. The Labute approximate surface area is 122 Å². The number of halogens is 1. The van der Waals surface area contributed by atoms with Gasteiger partial charge in [-0.15, -0.1) is 0 Å². The molecule has 2 rings (SSSR count). The minimum atomic E-state index is -0.0959. The van der Waals surface area contributed by atoms with E-state index in [1.54, 1.807) is 18.2 Å². The third-order valence-electron chi connectivity index (χ3n) is 3.65. The molecule has 1 aromatic rings. The summed E-state index contributed by atoms with van der Waals surface area (Å²) in [6.45, 7) is 7.57. The summed E-state index contributed by atoms with van der Waals surface area (Å²) in [7, 11) is 0. The number of phenolic OH excluding ortho intramolecular Hbond substituents is 1. The van der Waals surface area contributed by atoms with Crippen LogP contribution in [0.25, 0.3) is 0 Å². The summed E-state index contributed by atoms with van der Waals surface area (Å²) in [5.74, 6) is -0.0554. The van der Waals surface area contributed by atoms with Gasteiger partial charge in [0.25, 0.3) is 5.91 Å². The summed E-state index contributed by atoms with van der Waals surface area (Å²) in [6.07, 6.45) is 0. The van der Waals surface area contributed by atoms with Crippen molar-refractivity contribution in [1.29, 1.82) is 0 Å². The zero-order chi connectivity index (χ0) is 14.0. The van der Waals surface area contributed by atoms with Crippen LogP contribution < -0.4 is 0 Å². The molecule has 104 valence electrons. The van der Waals surface area contributed by atoms with E-state index in [1.807, 2.05) is 4.90 Å². The van der Waals surface area contributed by atoms with Crippen molar-refractivity contribution < 1.29 is 9.90 Å². The van der Waals surface area contributed by atoms with Gasteiger partial charge in [-0.2, -0.15) is 0 Å². The van der Waals surface area contributed by atoms with E-state index < -0.39 is 0 Å². The molecule has 1 unspecified atom stereocenters. The molecule has 1 aromatic carbocycles. The van der Waals surface area contributed by atoms with Crippen molar-refractivity contribution in [3.05, 3.63) is 28.2 Å². The summed E-state index contributed by atoms with van der Waals surface area (Å²) < 4.78 is 0.800. The molecule has 1 aliphatic rings. The van der Waals surface area contributed by atoms with Crippen LogP contribution in [0, 0.1) is 0 Å². The standard InChI is InChI=1S/C14H19BrN2O2/c1-3-16-6-7-17(9-10(16)2)14(19)12-8-11(15)4-5-13(12)18/h4-5,8,10,18H,3,6-7,9H2,1-2H3. The third-order valence-corrected chi connectivity index (χ3v) is 4.14. The Morgan fingerprint density at radius 3 is 2.84 bits per heavy atom. The molecule has 19 heavy (non-hydrogen) atoms. The molecule has 1 amide bonds. The number of piperazine rings is 1. The summed E-state index contributed by atoms with van der Waals surface area (Å²) in [5, 5.41) is 9.82. The first-order chi connectivity index (χ1) is 9.02. The molecule has 1 aliphatic heterocycles. The number of hydrogen-bond acceptors (Lipinski definition) is 3. The fraction of sp³-hybridized carbons (Fsp3) is 0.500. The second kappa shape index (κ2) is 5.92. The number of hydrogen-bond donors (Lipinski definition) is 1. The maximum absolute atomic E-state index is 12.4. The van der Waals surface area contributed by atoms with Crippen molar-refractivity contribution in [2.45, 2.75) is 19.9 Å². The van der Waals surface area contributed by atoms with E-state index in [2.05, 4.69) is 34.7 Å². The molecule has 0 radical (unpaired) electrons. The van der Waals surface area contributed by atoms with Crippen LogP contribution in [0.15, 0.2) is 22.7 Å². The predicted octanol–water partition coefficient (Wildman–Crippen LogP) is 2.32. The average molecular weight is 327 g/mol. The van der Waals surface area contributed by atoms with Gasteiger partial charge >= 0.3 is 0 Å². The van der Waals surface area contributed by atoms with Crippen LogP contribution in [-0.2, 0) is 0 Å². The van der Waals surface area contributed by atoms with Gasteiger partial charge in [-0.1, -0.05) is 22.9 Å². The number of aromatic hydroxyl groups is 1. The van der Waals surface area contributed by atoms with E-state index in [-0.39, 0.29) is 11.7 Å². The lowest BCUT2D eigenvalue weighted by atomic mass is 10.1. The molecule has 1 heterocycles. The summed E-state index contributed by atoms with van der Waals surface area (Å²) in [4.78, 5) is 16.6. The molecule has 1 atom stereocenters. The van der Waals surface area contributed by atoms with E-state index in [0.29, 0.717) is 24.7 Å². The van der Waals surface area contributed by atoms with E-state index >= 15 is 0 Å². The van der Waals surface area contributed by atoms with Gasteiger partial charge < -0.3 is 10.0 Å². The van der Waals surface area contributed by atoms with Crippen molar-refractivity contribution in [2.24, 2.45) is 0 Å². The van der Waals surface area contributed by atoms with Crippen LogP contribution in [0.1, 0.15) is 24.2 Å². The fourth-order valence-corrected chi connectivity index (χ4v) is 2.86. The molecule has 4 nitrogen and oxygen atoms in total. The highest BCUT2D eigenvalue weighted by atomic mass is 79.9. The van der Waals surface area contributed by atoms with Gasteiger partial charge in [0.05, 0.1) is 5.56 Å². The summed E-state index contributed by atoms with van der Waals surface area (Å²) in [5.41, 5.74) is 0.367. The van der Waals surface area contributed by atoms with Gasteiger partial charge in [-0.25, -0.2) is 0 Å².